The number of hydrogen-bond acceptors (Lipinski definition) is 7. The lowest BCUT2D eigenvalue weighted by molar-refractivity contribution is -0.117. The van der Waals surface area contributed by atoms with Crippen LogP contribution in [0.2, 0.25) is 0 Å². The molecule has 0 aliphatic heterocycles. The third kappa shape index (κ3) is 8.06. The van der Waals surface area contributed by atoms with Gasteiger partial charge in [0, 0.05) is 0 Å². The molecule has 0 bridgehead atoms. The minimum Gasteiger partial charge on any atom is -0.440 e. The minimum atomic E-state index is -0.651. The first kappa shape index (κ1) is 31.6. The van der Waals surface area contributed by atoms with Crippen LogP contribution in [0.1, 0.15) is 54.2 Å². The number of carbonyl (C=O) groups is 1. The summed E-state index contributed by atoms with van der Waals surface area (Å²) in [7, 11) is 0. The predicted octanol–water partition coefficient (Wildman–Crippen LogP) is 4.13. The van der Waals surface area contributed by atoms with Crippen LogP contribution >= 0.6 is 0 Å². The number of ketones is 1. The maximum atomic E-state index is 12.1. The van der Waals surface area contributed by atoms with Gasteiger partial charge in [0.05, 0.1) is 17.7 Å². The summed E-state index contributed by atoms with van der Waals surface area (Å²) in [6.07, 6.45) is 0.861. The summed E-state index contributed by atoms with van der Waals surface area (Å²) in [5, 5.41) is 0. The van der Waals surface area contributed by atoms with Crippen LogP contribution in [0.3, 0.4) is 0 Å². The second-order valence-corrected chi connectivity index (χ2v) is 10.1. The fourth-order valence-electron chi connectivity index (χ4n) is 4.50. The molecule has 42 heavy (non-hydrogen) atoms. The van der Waals surface area contributed by atoms with Gasteiger partial charge in [0.15, 0.2) is 0 Å². The summed E-state index contributed by atoms with van der Waals surface area (Å²) < 4.78 is 12.7. The average molecular weight is 577 g/mol. The number of benzene rings is 2. The highest BCUT2D eigenvalue weighted by Crippen LogP contribution is 2.25. The van der Waals surface area contributed by atoms with Crippen molar-refractivity contribution in [3.63, 3.8) is 0 Å². The molecule has 0 saturated carbocycles. The Kier molecular flexibility index (Phi) is 10.2. The van der Waals surface area contributed by atoms with Gasteiger partial charge in [-0.05, 0) is 94.0 Å². The summed E-state index contributed by atoms with van der Waals surface area (Å²) >= 11 is 0. The molecule has 0 fully saturated rings. The maximum absolute atomic E-state index is 12.1. The van der Waals surface area contributed by atoms with Gasteiger partial charge in [-0.1, -0.05) is 26.0 Å². The van der Waals surface area contributed by atoms with E-state index in [4.69, 9.17) is 9.47 Å². The second-order valence-electron chi connectivity index (χ2n) is 10.1. The van der Waals surface area contributed by atoms with Gasteiger partial charge in [-0.25, -0.2) is 9.59 Å². The van der Waals surface area contributed by atoms with Crippen LogP contribution in [0.5, 0.6) is 23.3 Å². The highest BCUT2D eigenvalue weighted by Gasteiger charge is 2.17. The smallest absolute Gasteiger partial charge is 0.331 e. The van der Waals surface area contributed by atoms with E-state index < -0.39 is 22.5 Å². The molecule has 4 aromatic rings. The van der Waals surface area contributed by atoms with Gasteiger partial charge in [0.25, 0.3) is 11.1 Å². The van der Waals surface area contributed by atoms with Crippen LogP contribution < -0.4 is 32.0 Å². The van der Waals surface area contributed by atoms with E-state index >= 15 is 0 Å². The van der Waals surface area contributed by atoms with Crippen LogP contribution in [-0.2, 0) is 24.2 Å². The van der Waals surface area contributed by atoms with E-state index in [2.05, 4.69) is 15.0 Å². The monoisotopic (exact) mass is 576 g/mol. The summed E-state index contributed by atoms with van der Waals surface area (Å²) in [5.41, 5.74) is 2.77. The Labute approximate surface area is 242 Å². The molecule has 0 atom stereocenters. The highest BCUT2D eigenvalue weighted by atomic mass is 16.5. The maximum Gasteiger partial charge on any atom is 0.331 e. The standard InChI is InChI=1S/C17H20N2O4.C14H16N2O3/c1-5-14-15(21)18-17(22)19(9-12(4)20)16(14)23-13-7-10(2)6-11(3)8-13;1-4-11-12(17)15-14(18)16-13(11)19-10-6-8(2)5-9(3)7-10/h6-8H,5,9H2,1-4H3,(H,18,21,22);5-7H,4H2,1-3H3,(H2,15,16,17,18). The Hall–Kier alpha value is -4.93. The van der Waals surface area contributed by atoms with E-state index in [-0.39, 0.29) is 24.1 Å². The van der Waals surface area contributed by atoms with Crippen molar-refractivity contribution in [3.05, 3.63) is 111 Å². The molecule has 222 valence electrons. The van der Waals surface area contributed by atoms with Gasteiger partial charge >= 0.3 is 11.4 Å². The number of aromatic nitrogens is 4. The zero-order valence-electron chi connectivity index (χ0n) is 24.9. The lowest BCUT2D eigenvalue weighted by Crippen LogP contribution is -2.34. The van der Waals surface area contributed by atoms with Crippen molar-refractivity contribution in [1.82, 2.24) is 19.5 Å². The molecule has 0 aliphatic rings. The van der Waals surface area contributed by atoms with Gasteiger partial charge in [-0.2, -0.15) is 0 Å². The Morgan fingerprint density at radius 3 is 1.64 bits per heavy atom. The number of nitrogens with one attached hydrogen (secondary N) is 3. The third-order valence-corrected chi connectivity index (χ3v) is 6.16. The molecule has 0 amide bonds. The molecule has 11 heteroatoms. The van der Waals surface area contributed by atoms with Crippen LogP contribution in [-0.4, -0.2) is 25.3 Å². The number of ether oxygens (including phenoxy) is 2. The quantitative estimate of drug-likeness (QED) is 0.285. The van der Waals surface area contributed by atoms with Crippen molar-refractivity contribution in [2.45, 2.75) is 67.9 Å². The van der Waals surface area contributed by atoms with Gasteiger partial charge in [-0.15, -0.1) is 0 Å². The molecule has 0 radical (unpaired) electrons. The lowest BCUT2D eigenvalue weighted by Gasteiger charge is -2.15. The van der Waals surface area contributed by atoms with Crippen molar-refractivity contribution in [1.29, 1.82) is 0 Å². The minimum absolute atomic E-state index is 0.126. The number of hydrogen-bond donors (Lipinski definition) is 3. The van der Waals surface area contributed by atoms with E-state index in [0.717, 1.165) is 22.3 Å². The van der Waals surface area contributed by atoms with Gasteiger partial charge < -0.3 is 9.47 Å². The largest absolute Gasteiger partial charge is 0.440 e. The topological polar surface area (TPSA) is 156 Å². The summed E-state index contributed by atoms with van der Waals surface area (Å²) in [5.74, 6) is 1.27. The molecule has 2 aromatic carbocycles. The summed E-state index contributed by atoms with van der Waals surface area (Å²) in [4.78, 5) is 65.5. The van der Waals surface area contributed by atoms with Crippen LogP contribution in [0.25, 0.3) is 0 Å². The van der Waals surface area contributed by atoms with E-state index in [1.807, 2.05) is 71.0 Å². The van der Waals surface area contributed by atoms with Crippen molar-refractivity contribution in [3.8, 4) is 23.3 Å². The summed E-state index contributed by atoms with van der Waals surface area (Å²) in [6, 6.07) is 11.4. The molecule has 2 heterocycles. The van der Waals surface area contributed by atoms with E-state index in [1.165, 1.54) is 11.5 Å². The molecule has 0 unspecified atom stereocenters. The van der Waals surface area contributed by atoms with Crippen molar-refractivity contribution in [2.75, 3.05) is 0 Å². The molecule has 2 aromatic heterocycles. The highest BCUT2D eigenvalue weighted by molar-refractivity contribution is 5.75. The van der Waals surface area contributed by atoms with Crippen LogP contribution in [0.4, 0.5) is 0 Å². The first-order chi connectivity index (χ1) is 19.8. The van der Waals surface area contributed by atoms with E-state index in [1.54, 1.807) is 6.92 Å². The molecule has 3 N–H and O–H groups in total. The van der Waals surface area contributed by atoms with Gasteiger partial charge in [0.1, 0.15) is 17.3 Å². The Balaban J connectivity index is 0.000000235. The molecular formula is C31H36N4O7. The second kappa shape index (κ2) is 13.6. The Bertz CT molecular complexity index is 1800. The van der Waals surface area contributed by atoms with Crippen molar-refractivity contribution in [2.24, 2.45) is 0 Å². The number of carbonyl (C=O) groups excluding carboxylic acids is 1. The zero-order chi connectivity index (χ0) is 31.1. The van der Waals surface area contributed by atoms with Crippen molar-refractivity contribution >= 4 is 5.78 Å². The van der Waals surface area contributed by atoms with Gasteiger partial charge in [0.2, 0.25) is 11.8 Å². The molecule has 11 nitrogen and oxygen atoms in total. The third-order valence-electron chi connectivity index (χ3n) is 6.16. The summed E-state index contributed by atoms with van der Waals surface area (Å²) in [6.45, 7) is 12.6. The average Bonchev–Trinajstić information content (AvgIpc) is 2.85. The molecule has 0 spiro atoms. The predicted molar refractivity (Wildman–Crippen MR) is 160 cm³/mol. The first-order valence-electron chi connectivity index (χ1n) is 13.5. The fourth-order valence-corrected chi connectivity index (χ4v) is 4.50. The number of H-pyrrole nitrogens is 3. The molecule has 0 saturated heterocycles. The first-order valence-corrected chi connectivity index (χ1v) is 13.5. The van der Waals surface area contributed by atoms with Crippen LogP contribution in [0, 0.1) is 27.7 Å². The number of Topliss-reactive ketones (excluding diaryl/α,β-unsaturated/α-hetero) is 1. The fraction of sp³-hybridized carbons (Fsp3) is 0.323. The number of aryl methyl sites for hydroxylation is 4. The molecular weight excluding hydrogens is 540 g/mol. The van der Waals surface area contributed by atoms with E-state index in [0.29, 0.717) is 35.5 Å². The van der Waals surface area contributed by atoms with E-state index in [9.17, 15) is 24.0 Å². The number of rotatable bonds is 8. The SMILES string of the molecule is CCc1c(Oc2cc(C)cc(C)c2)[nH]c(=O)[nH]c1=O.CCc1c(Oc2cc(C)cc(C)c2)n(CC(C)=O)c(=O)[nH]c1=O. The molecule has 0 aliphatic carbocycles. The van der Waals surface area contributed by atoms with Gasteiger partial charge in [-0.3, -0.25) is 33.9 Å². The Morgan fingerprint density at radius 1 is 0.690 bits per heavy atom. The lowest BCUT2D eigenvalue weighted by atomic mass is 10.1. The number of nitrogens with zero attached hydrogens (tertiary/aromatic N) is 1. The zero-order valence-corrected chi connectivity index (χ0v) is 24.9. The molecule has 4 rings (SSSR count). The Morgan fingerprint density at radius 2 is 1.17 bits per heavy atom. The van der Waals surface area contributed by atoms with Crippen LogP contribution in [0.15, 0.2) is 55.6 Å². The van der Waals surface area contributed by atoms with Crippen molar-refractivity contribution < 1.29 is 14.3 Å². The normalized spacial score (nSPS) is 10.5. The number of aromatic amines is 3.